The fraction of sp³-hybridized carbons (Fsp3) is 0.400. The van der Waals surface area contributed by atoms with Crippen LogP contribution >= 0.6 is 12.4 Å². The van der Waals surface area contributed by atoms with Crippen molar-refractivity contribution in [3.8, 4) is 0 Å². The normalized spacial score (nSPS) is 17.8. The quantitative estimate of drug-likeness (QED) is 0.834. The van der Waals surface area contributed by atoms with Gasteiger partial charge in [-0.25, -0.2) is 13.2 Å². The van der Waals surface area contributed by atoms with Crippen molar-refractivity contribution >= 4 is 12.4 Å². The Bertz CT molecular complexity index is 341. The molecule has 1 aromatic rings. The van der Waals surface area contributed by atoms with Crippen molar-refractivity contribution in [1.82, 2.24) is 5.32 Å². The summed E-state index contributed by atoms with van der Waals surface area (Å²) in [6.07, 6.45) is -1.41. The van der Waals surface area contributed by atoms with Crippen LogP contribution in [-0.4, -0.2) is 13.1 Å². The molecule has 0 aromatic heterocycles. The van der Waals surface area contributed by atoms with Crippen LogP contribution in [0.15, 0.2) is 18.2 Å². The summed E-state index contributed by atoms with van der Waals surface area (Å²) in [4.78, 5) is 0. The summed E-state index contributed by atoms with van der Waals surface area (Å²) in [5.74, 6) is -2.28. The number of hydrogen-bond donors (Lipinski definition) is 1. The number of halogens is 4. The molecule has 1 fully saturated rings. The first-order valence-corrected chi connectivity index (χ1v) is 4.49. The maximum Gasteiger partial charge on any atom is 0.164 e. The van der Waals surface area contributed by atoms with Crippen molar-refractivity contribution in [2.24, 2.45) is 5.92 Å². The zero-order chi connectivity index (χ0) is 10.1. The summed E-state index contributed by atoms with van der Waals surface area (Å²) in [7, 11) is 0. The topological polar surface area (TPSA) is 12.0 Å². The van der Waals surface area contributed by atoms with Crippen molar-refractivity contribution in [3.05, 3.63) is 35.4 Å². The number of benzene rings is 1. The summed E-state index contributed by atoms with van der Waals surface area (Å²) in [5.41, 5.74) is -0.170. The standard InChI is InChI=1S/C10H10F3N.ClH/c11-8-3-1-2-7(10(8)13)9(12)6-4-14-5-6;/h1-3,6,9,14H,4-5H2;1H. The van der Waals surface area contributed by atoms with Crippen LogP contribution in [0, 0.1) is 17.6 Å². The van der Waals surface area contributed by atoms with Gasteiger partial charge in [0.25, 0.3) is 0 Å². The van der Waals surface area contributed by atoms with Crippen LogP contribution in [0.5, 0.6) is 0 Å². The lowest BCUT2D eigenvalue weighted by molar-refractivity contribution is 0.166. The van der Waals surface area contributed by atoms with E-state index in [9.17, 15) is 13.2 Å². The van der Waals surface area contributed by atoms with Gasteiger partial charge < -0.3 is 5.32 Å². The Morgan fingerprint density at radius 1 is 1.27 bits per heavy atom. The van der Waals surface area contributed by atoms with Gasteiger partial charge in [0.15, 0.2) is 11.6 Å². The van der Waals surface area contributed by atoms with Crippen LogP contribution in [0.4, 0.5) is 13.2 Å². The average Bonchev–Trinajstić information content (AvgIpc) is 2.06. The second-order valence-electron chi connectivity index (χ2n) is 3.46. The lowest BCUT2D eigenvalue weighted by Crippen LogP contribution is -2.44. The Labute approximate surface area is 92.1 Å². The monoisotopic (exact) mass is 237 g/mol. The molecule has 1 nitrogen and oxygen atoms in total. The van der Waals surface area contributed by atoms with Crippen LogP contribution in [0.2, 0.25) is 0 Å². The number of alkyl halides is 1. The van der Waals surface area contributed by atoms with Gasteiger partial charge in [0, 0.05) is 24.6 Å². The third kappa shape index (κ3) is 2.26. The van der Waals surface area contributed by atoms with Crippen LogP contribution < -0.4 is 5.32 Å². The summed E-state index contributed by atoms with van der Waals surface area (Å²) in [5, 5.41) is 2.89. The van der Waals surface area contributed by atoms with E-state index in [1.54, 1.807) is 0 Å². The van der Waals surface area contributed by atoms with Crippen molar-refractivity contribution < 1.29 is 13.2 Å². The molecule has 0 bridgehead atoms. The van der Waals surface area contributed by atoms with Crippen molar-refractivity contribution in [1.29, 1.82) is 0 Å². The van der Waals surface area contributed by atoms with Gasteiger partial charge in [0.1, 0.15) is 6.17 Å². The first-order chi connectivity index (χ1) is 6.70. The predicted molar refractivity (Wildman–Crippen MR) is 53.8 cm³/mol. The molecule has 1 atom stereocenters. The van der Waals surface area contributed by atoms with Gasteiger partial charge in [0.2, 0.25) is 0 Å². The molecule has 0 spiro atoms. The van der Waals surface area contributed by atoms with E-state index in [1.807, 2.05) is 0 Å². The van der Waals surface area contributed by atoms with Gasteiger partial charge in [-0.1, -0.05) is 12.1 Å². The van der Waals surface area contributed by atoms with Crippen LogP contribution in [-0.2, 0) is 0 Å². The molecule has 1 unspecified atom stereocenters. The van der Waals surface area contributed by atoms with E-state index in [0.717, 1.165) is 6.07 Å². The van der Waals surface area contributed by atoms with E-state index >= 15 is 0 Å². The second-order valence-corrected chi connectivity index (χ2v) is 3.46. The molecule has 0 aliphatic carbocycles. The summed E-state index contributed by atoms with van der Waals surface area (Å²) >= 11 is 0. The summed E-state index contributed by atoms with van der Waals surface area (Å²) < 4.78 is 39.5. The van der Waals surface area contributed by atoms with E-state index in [1.165, 1.54) is 12.1 Å². The molecule has 0 amide bonds. The molecule has 84 valence electrons. The van der Waals surface area contributed by atoms with Gasteiger partial charge in [-0.2, -0.15) is 0 Å². The average molecular weight is 238 g/mol. The first kappa shape index (κ1) is 12.3. The van der Waals surface area contributed by atoms with Crippen molar-refractivity contribution in [2.75, 3.05) is 13.1 Å². The SMILES string of the molecule is Cl.Fc1cccc(C(F)C2CNC2)c1F. The van der Waals surface area contributed by atoms with Gasteiger partial charge in [0.05, 0.1) is 0 Å². The molecule has 2 rings (SSSR count). The largest absolute Gasteiger partial charge is 0.316 e. The molecule has 1 aliphatic heterocycles. The minimum Gasteiger partial charge on any atom is -0.316 e. The summed E-state index contributed by atoms with van der Waals surface area (Å²) in [6, 6.07) is 3.61. The zero-order valence-corrected chi connectivity index (χ0v) is 8.66. The highest BCUT2D eigenvalue weighted by atomic mass is 35.5. The highest BCUT2D eigenvalue weighted by Gasteiger charge is 2.30. The predicted octanol–water partition coefficient (Wildman–Crippen LogP) is 2.62. The molecular formula is C10H11ClF3N. The fourth-order valence-electron chi connectivity index (χ4n) is 1.51. The Kier molecular flexibility index (Phi) is 3.99. The number of nitrogens with one attached hydrogen (secondary N) is 1. The molecule has 5 heteroatoms. The van der Waals surface area contributed by atoms with E-state index in [0.29, 0.717) is 13.1 Å². The van der Waals surface area contributed by atoms with E-state index in [2.05, 4.69) is 5.32 Å². The molecule has 0 radical (unpaired) electrons. The minimum absolute atomic E-state index is 0. The highest BCUT2D eigenvalue weighted by molar-refractivity contribution is 5.85. The Morgan fingerprint density at radius 3 is 2.47 bits per heavy atom. The molecule has 1 heterocycles. The van der Waals surface area contributed by atoms with E-state index in [4.69, 9.17) is 0 Å². The fourth-order valence-corrected chi connectivity index (χ4v) is 1.51. The maximum atomic E-state index is 13.6. The lowest BCUT2D eigenvalue weighted by Gasteiger charge is -2.30. The maximum absolute atomic E-state index is 13.6. The Hall–Kier alpha value is -0.740. The smallest absolute Gasteiger partial charge is 0.164 e. The Morgan fingerprint density at radius 2 is 1.93 bits per heavy atom. The molecule has 1 N–H and O–H groups in total. The molecule has 1 aliphatic rings. The molecule has 1 saturated heterocycles. The third-order valence-electron chi connectivity index (χ3n) is 2.51. The molecule has 0 saturated carbocycles. The van der Waals surface area contributed by atoms with Gasteiger partial charge in [-0.15, -0.1) is 12.4 Å². The molecule has 1 aromatic carbocycles. The van der Waals surface area contributed by atoms with Crippen molar-refractivity contribution in [2.45, 2.75) is 6.17 Å². The van der Waals surface area contributed by atoms with Gasteiger partial charge in [-0.05, 0) is 6.07 Å². The number of hydrogen-bond acceptors (Lipinski definition) is 1. The van der Waals surface area contributed by atoms with Crippen molar-refractivity contribution in [3.63, 3.8) is 0 Å². The zero-order valence-electron chi connectivity index (χ0n) is 7.84. The lowest BCUT2D eigenvalue weighted by atomic mass is 9.92. The Balaban J connectivity index is 0.00000112. The third-order valence-corrected chi connectivity index (χ3v) is 2.51. The van der Waals surface area contributed by atoms with Crippen LogP contribution in [0.3, 0.4) is 0 Å². The second kappa shape index (κ2) is 4.86. The minimum atomic E-state index is -1.41. The number of rotatable bonds is 2. The molecule has 15 heavy (non-hydrogen) atoms. The van der Waals surface area contributed by atoms with Crippen LogP contribution in [0.1, 0.15) is 11.7 Å². The van der Waals surface area contributed by atoms with E-state index < -0.39 is 17.8 Å². The van der Waals surface area contributed by atoms with Gasteiger partial charge >= 0.3 is 0 Å². The van der Waals surface area contributed by atoms with Crippen LogP contribution in [0.25, 0.3) is 0 Å². The molecular weight excluding hydrogens is 227 g/mol. The highest BCUT2D eigenvalue weighted by Crippen LogP contribution is 2.31. The first-order valence-electron chi connectivity index (χ1n) is 4.49. The van der Waals surface area contributed by atoms with E-state index in [-0.39, 0.29) is 23.9 Å². The van der Waals surface area contributed by atoms with Gasteiger partial charge in [-0.3, -0.25) is 0 Å². The summed E-state index contributed by atoms with van der Waals surface area (Å²) in [6.45, 7) is 1.05.